The van der Waals surface area contributed by atoms with Gasteiger partial charge in [-0.05, 0) is 56.4 Å². The van der Waals surface area contributed by atoms with Gasteiger partial charge in [-0.25, -0.2) is 4.79 Å². The maximum Gasteiger partial charge on any atom is 0.322 e. The molecule has 24 heavy (non-hydrogen) atoms. The summed E-state index contributed by atoms with van der Waals surface area (Å²) in [7, 11) is 0. The number of amides is 2. The molecule has 128 valence electrons. The van der Waals surface area contributed by atoms with Crippen molar-refractivity contribution in [1.82, 2.24) is 10.1 Å². The van der Waals surface area contributed by atoms with Crippen molar-refractivity contribution < 1.29 is 9.32 Å². The van der Waals surface area contributed by atoms with Gasteiger partial charge in [0.25, 0.3) is 0 Å². The molecule has 2 amide bonds. The van der Waals surface area contributed by atoms with Crippen molar-refractivity contribution in [2.75, 3.05) is 11.9 Å². The van der Waals surface area contributed by atoms with E-state index in [1.165, 1.54) is 11.1 Å². The number of hydrogen-bond acceptors (Lipinski definition) is 3. The van der Waals surface area contributed by atoms with Gasteiger partial charge in [-0.15, -0.1) is 0 Å². The van der Waals surface area contributed by atoms with E-state index < -0.39 is 0 Å². The van der Waals surface area contributed by atoms with E-state index >= 15 is 0 Å². The summed E-state index contributed by atoms with van der Waals surface area (Å²) in [5.41, 5.74) is 4.09. The second kappa shape index (κ2) is 7.07. The minimum Gasteiger partial charge on any atom is -0.361 e. The van der Waals surface area contributed by atoms with Crippen molar-refractivity contribution in [2.45, 2.75) is 52.5 Å². The monoisotopic (exact) mass is 327 g/mol. The molecule has 1 aliphatic heterocycles. The summed E-state index contributed by atoms with van der Waals surface area (Å²) >= 11 is 0. The average Bonchev–Trinajstić information content (AvgIpc) is 3.20. The Balaban J connectivity index is 1.71. The van der Waals surface area contributed by atoms with E-state index in [0.717, 1.165) is 49.4 Å². The second-order valence-corrected chi connectivity index (χ2v) is 6.55. The Morgan fingerprint density at radius 1 is 1.33 bits per heavy atom. The lowest BCUT2D eigenvalue weighted by Gasteiger charge is -2.23. The highest BCUT2D eigenvalue weighted by atomic mass is 16.5. The highest BCUT2D eigenvalue weighted by Crippen LogP contribution is 2.32. The number of anilines is 1. The molecule has 0 unspecified atom stereocenters. The third-order valence-corrected chi connectivity index (χ3v) is 4.69. The average molecular weight is 327 g/mol. The molecule has 5 nitrogen and oxygen atoms in total. The van der Waals surface area contributed by atoms with Crippen molar-refractivity contribution in [3.8, 4) is 0 Å². The molecule has 2 aromatic rings. The number of rotatable bonds is 4. The molecule has 1 fully saturated rings. The van der Waals surface area contributed by atoms with Crippen LogP contribution >= 0.6 is 0 Å². The first-order chi connectivity index (χ1) is 11.6. The molecular formula is C19H25N3O2. The van der Waals surface area contributed by atoms with E-state index in [0.29, 0.717) is 0 Å². The zero-order valence-corrected chi connectivity index (χ0v) is 14.6. The molecule has 0 aliphatic carbocycles. The van der Waals surface area contributed by atoms with Crippen LogP contribution in [0.2, 0.25) is 0 Å². The third-order valence-electron chi connectivity index (χ3n) is 4.69. The number of aryl methyl sites for hydroxylation is 3. The van der Waals surface area contributed by atoms with Gasteiger partial charge in [0.05, 0.1) is 6.04 Å². The number of aromatic nitrogens is 1. The van der Waals surface area contributed by atoms with E-state index in [4.69, 9.17) is 4.52 Å². The molecule has 1 aromatic heterocycles. The highest BCUT2D eigenvalue weighted by Gasteiger charge is 2.32. The van der Waals surface area contributed by atoms with Crippen molar-refractivity contribution in [3.63, 3.8) is 0 Å². The Hall–Kier alpha value is -2.30. The van der Waals surface area contributed by atoms with Crippen LogP contribution in [0, 0.1) is 13.8 Å². The lowest BCUT2D eigenvalue weighted by molar-refractivity contribution is 0.204. The molecule has 0 bridgehead atoms. The van der Waals surface area contributed by atoms with E-state index in [1.807, 2.05) is 36.1 Å². The zero-order chi connectivity index (χ0) is 17.1. The molecule has 0 spiro atoms. The topological polar surface area (TPSA) is 58.4 Å². The molecular weight excluding hydrogens is 302 g/mol. The summed E-state index contributed by atoms with van der Waals surface area (Å²) in [5.74, 6) is 0.897. The molecule has 0 saturated carbocycles. The first-order valence-corrected chi connectivity index (χ1v) is 8.69. The fraction of sp³-hybridized carbons (Fsp3) is 0.474. The number of likely N-dealkylation sites (tertiary alicyclic amines) is 1. The number of urea groups is 1. The number of hydrogen-bond donors (Lipinski definition) is 1. The molecule has 1 aromatic carbocycles. The molecule has 2 heterocycles. The Labute approximate surface area is 143 Å². The first-order valence-electron chi connectivity index (χ1n) is 8.69. The van der Waals surface area contributed by atoms with Gasteiger partial charge in [-0.1, -0.05) is 18.1 Å². The standard InChI is InChI=1S/C19H25N3O2/c1-4-6-16-12-17(21-24-16)18-7-5-10-22(18)19(23)20-15-9-8-13(2)14(3)11-15/h8-9,11-12,18H,4-7,10H2,1-3H3,(H,20,23)/t18-/m0/s1. The van der Waals surface area contributed by atoms with Crippen LogP contribution in [-0.2, 0) is 6.42 Å². The number of carbonyl (C=O) groups is 1. The smallest absolute Gasteiger partial charge is 0.322 e. The first kappa shape index (κ1) is 16.6. The Bertz CT molecular complexity index is 723. The minimum absolute atomic E-state index is 0.00546. The van der Waals surface area contributed by atoms with Crippen LogP contribution in [0.25, 0.3) is 0 Å². The lowest BCUT2D eigenvalue weighted by Crippen LogP contribution is -2.34. The predicted molar refractivity (Wildman–Crippen MR) is 94.1 cm³/mol. The van der Waals surface area contributed by atoms with Crippen LogP contribution in [0.3, 0.4) is 0 Å². The van der Waals surface area contributed by atoms with E-state index in [9.17, 15) is 4.79 Å². The highest BCUT2D eigenvalue weighted by molar-refractivity contribution is 5.90. The zero-order valence-electron chi connectivity index (χ0n) is 14.6. The van der Waals surface area contributed by atoms with E-state index in [2.05, 4.69) is 24.3 Å². The molecule has 1 atom stereocenters. The summed E-state index contributed by atoms with van der Waals surface area (Å²) in [6.07, 6.45) is 3.82. The van der Waals surface area contributed by atoms with Crippen LogP contribution in [0.5, 0.6) is 0 Å². The van der Waals surface area contributed by atoms with Crippen LogP contribution in [0.1, 0.15) is 54.8 Å². The normalized spacial score (nSPS) is 17.3. The predicted octanol–water partition coefficient (Wildman–Crippen LogP) is 4.61. The molecule has 1 saturated heterocycles. The summed E-state index contributed by atoms with van der Waals surface area (Å²) < 4.78 is 5.38. The van der Waals surface area contributed by atoms with Crippen molar-refractivity contribution in [2.24, 2.45) is 0 Å². The van der Waals surface area contributed by atoms with Gasteiger partial charge < -0.3 is 14.7 Å². The van der Waals surface area contributed by atoms with Gasteiger partial charge in [0.1, 0.15) is 11.5 Å². The lowest BCUT2D eigenvalue weighted by atomic mass is 10.1. The summed E-state index contributed by atoms with van der Waals surface area (Å²) in [4.78, 5) is 14.5. The Kier molecular flexibility index (Phi) is 4.88. The number of nitrogens with one attached hydrogen (secondary N) is 1. The number of nitrogens with zero attached hydrogens (tertiary/aromatic N) is 2. The fourth-order valence-electron chi connectivity index (χ4n) is 3.18. The van der Waals surface area contributed by atoms with E-state index in [-0.39, 0.29) is 12.1 Å². The van der Waals surface area contributed by atoms with Crippen LogP contribution < -0.4 is 5.32 Å². The molecule has 5 heteroatoms. The van der Waals surface area contributed by atoms with Crippen molar-refractivity contribution in [1.29, 1.82) is 0 Å². The third kappa shape index (κ3) is 3.45. The second-order valence-electron chi connectivity index (χ2n) is 6.55. The van der Waals surface area contributed by atoms with E-state index in [1.54, 1.807) is 0 Å². The van der Waals surface area contributed by atoms with Crippen LogP contribution in [0.15, 0.2) is 28.8 Å². The number of carbonyl (C=O) groups excluding carboxylic acids is 1. The van der Waals surface area contributed by atoms with Gasteiger partial charge in [0.15, 0.2) is 0 Å². The largest absolute Gasteiger partial charge is 0.361 e. The van der Waals surface area contributed by atoms with Gasteiger partial charge >= 0.3 is 6.03 Å². The van der Waals surface area contributed by atoms with Crippen molar-refractivity contribution in [3.05, 3.63) is 46.8 Å². The Morgan fingerprint density at radius 3 is 2.92 bits per heavy atom. The summed E-state index contributed by atoms with van der Waals surface area (Å²) in [6, 6.07) is 7.91. The quantitative estimate of drug-likeness (QED) is 0.892. The van der Waals surface area contributed by atoms with Crippen LogP contribution in [0.4, 0.5) is 10.5 Å². The van der Waals surface area contributed by atoms with Gasteiger partial charge in [-0.2, -0.15) is 0 Å². The number of benzene rings is 1. The Morgan fingerprint density at radius 2 is 2.17 bits per heavy atom. The fourth-order valence-corrected chi connectivity index (χ4v) is 3.18. The van der Waals surface area contributed by atoms with Crippen molar-refractivity contribution >= 4 is 11.7 Å². The molecule has 1 aliphatic rings. The van der Waals surface area contributed by atoms with Gasteiger partial charge in [0.2, 0.25) is 0 Å². The van der Waals surface area contributed by atoms with Gasteiger partial charge in [-0.3, -0.25) is 0 Å². The molecule has 3 rings (SSSR count). The maximum atomic E-state index is 12.7. The van der Waals surface area contributed by atoms with Gasteiger partial charge in [0, 0.05) is 24.7 Å². The minimum atomic E-state index is -0.0687. The summed E-state index contributed by atoms with van der Waals surface area (Å²) in [6.45, 7) is 6.97. The molecule has 1 N–H and O–H groups in total. The maximum absolute atomic E-state index is 12.7. The summed E-state index contributed by atoms with van der Waals surface area (Å²) in [5, 5.41) is 7.20. The van der Waals surface area contributed by atoms with Crippen LogP contribution in [-0.4, -0.2) is 22.6 Å². The SMILES string of the molecule is CCCc1cc([C@@H]2CCCN2C(=O)Nc2ccc(C)c(C)c2)no1. The molecule has 0 radical (unpaired) electrons.